The average Bonchev–Trinajstić information content (AvgIpc) is 1.35. The zero-order chi connectivity index (χ0) is 65.2. The van der Waals surface area contributed by atoms with Gasteiger partial charge in [0.15, 0.2) is 37.2 Å². The molecule has 27 heteroatoms. The molecular weight excluding hydrogens is 1190 g/mol. The smallest absolute Gasteiger partial charge is 0.331 e. The predicted molar refractivity (Wildman–Crippen MR) is 308 cm³/mol. The lowest BCUT2D eigenvalue weighted by Gasteiger charge is -2.67. The first-order chi connectivity index (χ1) is 42.6. The molecule has 0 radical (unpaired) electrons. The van der Waals surface area contributed by atoms with E-state index < -0.39 is 206 Å². The number of hydrogen-bond acceptors (Lipinski definition) is 27. The third-order valence-electron chi connectivity index (χ3n) is 21.7. The molecule has 508 valence electrons. The van der Waals surface area contributed by atoms with Gasteiger partial charge in [-0.1, -0.05) is 48.9 Å². The maximum absolute atomic E-state index is 13.7. The number of aliphatic hydroxyl groups excluding tert-OH is 8. The maximum Gasteiger partial charge on any atom is 0.331 e. The number of carbonyl (C=O) groups excluding carboxylic acids is 2. The molecular formula is C63H94O27. The van der Waals surface area contributed by atoms with Crippen LogP contribution in [-0.4, -0.2) is 273 Å². The molecule has 3 saturated carbocycles. The van der Waals surface area contributed by atoms with Crippen LogP contribution < -0.4 is 0 Å². The Morgan fingerprint density at radius 1 is 0.611 bits per heavy atom. The zero-order valence-electron chi connectivity index (χ0n) is 52.4. The highest BCUT2D eigenvalue weighted by Gasteiger charge is 2.81. The zero-order valence-corrected chi connectivity index (χ0v) is 52.4. The molecule has 11 N–H and O–H groups in total. The lowest BCUT2D eigenvalue weighted by Crippen LogP contribution is -2.78. The minimum absolute atomic E-state index is 0.0391. The molecule has 5 aliphatic heterocycles. The number of Topliss-reactive ketones (excluding diaryl/α,β-unsaturated/α-hetero) is 1. The van der Waals surface area contributed by atoms with Crippen molar-refractivity contribution in [2.24, 2.45) is 16.7 Å². The summed E-state index contributed by atoms with van der Waals surface area (Å²) in [4.78, 5) is 27.0. The Balaban J connectivity index is 0.736. The lowest BCUT2D eigenvalue weighted by atomic mass is 9.42. The Kier molecular flexibility index (Phi) is 21.3. The van der Waals surface area contributed by atoms with Crippen molar-refractivity contribution in [1.82, 2.24) is 0 Å². The van der Waals surface area contributed by atoms with Crippen molar-refractivity contribution < 1.29 is 132 Å². The number of benzene rings is 1. The van der Waals surface area contributed by atoms with Crippen LogP contribution in [0.4, 0.5) is 0 Å². The largest absolute Gasteiger partial charge is 0.458 e. The molecule has 0 amide bonds. The van der Waals surface area contributed by atoms with Crippen LogP contribution in [0.5, 0.6) is 0 Å². The van der Waals surface area contributed by atoms with Gasteiger partial charge in [0.2, 0.25) is 0 Å². The second-order valence-electron chi connectivity index (χ2n) is 26.5. The highest BCUT2D eigenvalue weighted by Crippen LogP contribution is 2.71. The number of ether oxygens (including phenoxy) is 14. The second kappa shape index (κ2) is 27.5. The van der Waals surface area contributed by atoms with Gasteiger partial charge in [0, 0.05) is 46.2 Å². The molecule has 0 spiro atoms. The molecule has 1 aromatic rings. The lowest BCUT2D eigenvalue weighted by molar-refractivity contribution is -0.385. The summed E-state index contributed by atoms with van der Waals surface area (Å²) < 4.78 is 86.0. The fraction of sp³-hybridized carbons (Fsp3) is 0.810. The van der Waals surface area contributed by atoms with Crippen LogP contribution in [0.1, 0.15) is 105 Å². The fourth-order valence-electron chi connectivity index (χ4n) is 16.3. The van der Waals surface area contributed by atoms with Crippen molar-refractivity contribution in [3.8, 4) is 0 Å². The van der Waals surface area contributed by atoms with Crippen LogP contribution >= 0.6 is 0 Å². The van der Waals surface area contributed by atoms with Crippen molar-refractivity contribution in [1.29, 1.82) is 0 Å². The van der Waals surface area contributed by atoms with Crippen molar-refractivity contribution >= 4 is 17.8 Å². The summed E-state index contributed by atoms with van der Waals surface area (Å²) in [5.41, 5.74) is -6.54. The Bertz CT molecular complexity index is 2670. The SMILES string of the molecule is CO[C@@H]1[C@@H](O)[C@H](O[C@H]2[C@@H](OC)C[C@H](O[C@H]3[C@@H](OC)C[C@H](O[C@H]4CC[C@@]5(C)C(=CC[C@]6(O)[C@@H]5C[C@@H](OC(=O)C=Cc5ccccc5)[C@@]5(C)[C@]6(O)CC[C@@]5(O)C(C)=O)C4)O[C@@H]3C)O[C@@H]2C)O[C@H](C)[C@H]1O[C@@H]1O[C@H](CO)[C@@H](O[C@@H]2O[C@H](CO)[C@@H](O)[C@H](O)[C@H]2O)[C@H](O)[C@H]1O. The summed E-state index contributed by atoms with van der Waals surface area (Å²) in [6.07, 6.45) is -23.0. The van der Waals surface area contributed by atoms with Crippen molar-refractivity contribution in [3.05, 3.63) is 53.6 Å². The number of carbonyl (C=O) groups is 2. The molecule has 8 fully saturated rings. The van der Waals surface area contributed by atoms with Crippen LogP contribution in [-0.2, 0) is 75.9 Å². The van der Waals surface area contributed by atoms with Crippen molar-refractivity contribution in [2.75, 3.05) is 34.5 Å². The molecule has 1 aromatic carbocycles. The Hall–Kier alpha value is -3.12. The van der Waals surface area contributed by atoms with Crippen LogP contribution in [0.15, 0.2) is 48.1 Å². The first-order valence-corrected chi connectivity index (χ1v) is 31.4. The van der Waals surface area contributed by atoms with Gasteiger partial charge in [0.1, 0.15) is 102 Å². The number of methoxy groups -OCH3 is 3. The summed E-state index contributed by atoms with van der Waals surface area (Å²) >= 11 is 0. The highest BCUT2D eigenvalue weighted by atomic mass is 16.8. The molecule has 90 heavy (non-hydrogen) atoms. The monoisotopic (exact) mass is 1280 g/mol. The van der Waals surface area contributed by atoms with E-state index in [1.165, 1.54) is 27.2 Å². The van der Waals surface area contributed by atoms with Crippen molar-refractivity contribution in [2.45, 2.75) is 270 Å². The first kappa shape index (κ1) is 69.7. The number of fused-ring (bicyclic) bond motifs is 5. The Morgan fingerprint density at radius 3 is 1.79 bits per heavy atom. The van der Waals surface area contributed by atoms with Gasteiger partial charge >= 0.3 is 5.97 Å². The molecule has 10 rings (SSSR count). The van der Waals surface area contributed by atoms with Gasteiger partial charge in [-0.05, 0) is 96.6 Å². The number of ketones is 1. The molecule has 0 aromatic heterocycles. The van der Waals surface area contributed by atoms with E-state index in [1.807, 2.05) is 43.3 Å². The number of esters is 1. The van der Waals surface area contributed by atoms with E-state index in [0.29, 0.717) is 25.7 Å². The van der Waals surface area contributed by atoms with Gasteiger partial charge in [0.05, 0.1) is 55.3 Å². The molecule has 5 heterocycles. The molecule has 27 nitrogen and oxygen atoms in total. The van der Waals surface area contributed by atoms with E-state index in [9.17, 15) is 65.8 Å². The summed E-state index contributed by atoms with van der Waals surface area (Å²) in [7, 11) is 4.40. The number of hydrogen-bond donors (Lipinski definition) is 11. The normalized spacial score (nSPS) is 49.7. The summed E-state index contributed by atoms with van der Waals surface area (Å²) in [6.45, 7) is 8.56. The first-order valence-electron chi connectivity index (χ1n) is 31.4. The van der Waals surface area contributed by atoms with Gasteiger partial charge in [0.25, 0.3) is 0 Å². The van der Waals surface area contributed by atoms with E-state index in [4.69, 9.17) is 66.3 Å². The van der Waals surface area contributed by atoms with Gasteiger partial charge < -0.3 is 122 Å². The van der Waals surface area contributed by atoms with Gasteiger partial charge in [-0.15, -0.1) is 0 Å². The van der Waals surface area contributed by atoms with E-state index in [1.54, 1.807) is 34.0 Å². The minimum atomic E-state index is -2.08. The van der Waals surface area contributed by atoms with E-state index in [0.717, 1.165) is 11.1 Å². The van der Waals surface area contributed by atoms with Crippen LogP contribution in [0.3, 0.4) is 0 Å². The highest BCUT2D eigenvalue weighted by molar-refractivity contribution is 5.89. The summed E-state index contributed by atoms with van der Waals surface area (Å²) in [5.74, 6) is -1.91. The standard InChI is InChI=1S/C63H94O27/c1-29-51(87-44-25-37(78-8)52(30(2)81-44)88-58-50(73)55(79-9)53(31(3)82-58)89-57-49(72)47(70)54(39(28-65)85-57)90-56-48(71)46(69)45(68)38(27-64)84-56)36(77-7)24-43(80-29)83-35-18-19-59(5)34(23-35)17-20-62(75)40(59)26-41(86-42(67)16-15-33-13-11-10-12-14-33)60(6)61(74,32(4)66)21-22-63(60,62)76/h10-17,29-31,35-41,43-58,64-65,68-76H,18-28H2,1-9H3/t29-,30-,31-,35+,36+,37+,38-,39-,40-,41-,43+,44+,45-,46+,47-,48-,49-,50-,51-,52-,53-,54-,55-,56+,57+,58+,59+,60-,61-,62+,63-/m1/s1. The average molecular weight is 1280 g/mol. The van der Waals surface area contributed by atoms with E-state index in [2.05, 4.69) is 6.92 Å². The van der Waals surface area contributed by atoms with Gasteiger partial charge in [-0.25, -0.2) is 4.79 Å². The molecule has 4 aliphatic carbocycles. The Labute approximate surface area is 522 Å². The summed E-state index contributed by atoms with van der Waals surface area (Å²) in [6, 6.07) is 9.20. The van der Waals surface area contributed by atoms with E-state index >= 15 is 0 Å². The third-order valence-corrected chi connectivity index (χ3v) is 21.7. The Morgan fingerprint density at radius 2 is 1.18 bits per heavy atom. The van der Waals surface area contributed by atoms with Gasteiger partial charge in [-0.3, -0.25) is 4.79 Å². The number of aliphatic hydroxyl groups is 11. The van der Waals surface area contributed by atoms with Crippen LogP contribution in [0.25, 0.3) is 6.08 Å². The van der Waals surface area contributed by atoms with E-state index in [-0.39, 0.29) is 38.2 Å². The number of rotatable bonds is 19. The van der Waals surface area contributed by atoms with Crippen molar-refractivity contribution in [3.63, 3.8) is 0 Å². The molecule has 5 saturated heterocycles. The molecule has 0 bridgehead atoms. The fourth-order valence-corrected chi connectivity index (χ4v) is 16.3. The van der Waals surface area contributed by atoms with Crippen LogP contribution in [0.2, 0.25) is 0 Å². The van der Waals surface area contributed by atoms with Gasteiger partial charge in [-0.2, -0.15) is 0 Å². The minimum Gasteiger partial charge on any atom is -0.458 e. The topological polar surface area (TPSA) is 386 Å². The maximum atomic E-state index is 13.7. The predicted octanol–water partition coefficient (Wildman–Crippen LogP) is -0.680. The molecule has 31 atom stereocenters. The second-order valence-corrected chi connectivity index (χ2v) is 26.5. The quantitative estimate of drug-likeness (QED) is 0.0464. The third kappa shape index (κ3) is 12.4. The molecule has 0 unspecified atom stereocenters. The summed E-state index contributed by atoms with van der Waals surface area (Å²) in [5, 5.41) is 123. The molecule has 9 aliphatic rings. The van der Waals surface area contributed by atoms with Crippen LogP contribution in [0, 0.1) is 16.7 Å².